The molecule has 1 saturated heterocycles. The number of carboxylic acid groups (broad SMARTS) is 1. The highest BCUT2D eigenvalue weighted by atomic mass is 19.4. The highest BCUT2D eigenvalue weighted by molar-refractivity contribution is 5.87. The van der Waals surface area contributed by atoms with Gasteiger partial charge in [0.25, 0.3) is 0 Å². The van der Waals surface area contributed by atoms with E-state index < -0.39 is 23.2 Å². The maximum absolute atomic E-state index is 13.5. The lowest BCUT2D eigenvalue weighted by Gasteiger charge is -2.39. The fourth-order valence-electron chi connectivity index (χ4n) is 5.15. The first-order chi connectivity index (χ1) is 16.1. The van der Waals surface area contributed by atoms with Gasteiger partial charge in [0.15, 0.2) is 0 Å². The first kappa shape index (κ1) is 22.9. The van der Waals surface area contributed by atoms with Crippen molar-refractivity contribution < 1.29 is 27.9 Å². The first-order valence-electron chi connectivity index (χ1n) is 11.7. The number of amides is 1. The summed E-state index contributed by atoms with van der Waals surface area (Å²) in [7, 11) is 0. The second-order valence-electron chi connectivity index (χ2n) is 10.1. The molecule has 5 rings (SSSR count). The lowest BCUT2D eigenvalue weighted by Crippen LogP contribution is -2.53. The fraction of sp³-hybridized carbons (Fsp3) is 0.462. The van der Waals surface area contributed by atoms with Crippen LogP contribution in [0.1, 0.15) is 65.6 Å². The van der Waals surface area contributed by atoms with Crippen molar-refractivity contribution in [2.45, 2.75) is 62.8 Å². The molecule has 1 aliphatic heterocycles. The number of nitrogens with one attached hydrogen (secondary N) is 1. The van der Waals surface area contributed by atoms with Crippen LogP contribution in [0.5, 0.6) is 0 Å². The molecule has 2 saturated carbocycles. The molecule has 1 amide bonds. The first-order valence-corrected chi connectivity index (χ1v) is 11.7. The molecule has 8 heteroatoms. The van der Waals surface area contributed by atoms with Gasteiger partial charge in [0.2, 0.25) is 5.91 Å². The van der Waals surface area contributed by atoms with Crippen LogP contribution in [0.25, 0.3) is 0 Å². The predicted molar refractivity (Wildman–Crippen MR) is 119 cm³/mol. The van der Waals surface area contributed by atoms with Crippen LogP contribution < -0.4 is 5.32 Å². The molecule has 3 aliphatic rings. The lowest BCUT2D eigenvalue weighted by atomic mass is 9.86. The number of carbonyl (C=O) groups is 2. The number of rotatable bonds is 6. The average molecular weight is 473 g/mol. The Morgan fingerprint density at radius 2 is 1.62 bits per heavy atom. The Morgan fingerprint density at radius 1 is 0.971 bits per heavy atom. The monoisotopic (exact) mass is 472 g/mol. The van der Waals surface area contributed by atoms with Crippen LogP contribution >= 0.6 is 0 Å². The molecule has 1 spiro atoms. The highest BCUT2D eigenvalue weighted by Gasteiger charge is 2.52. The summed E-state index contributed by atoms with van der Waals surface area (Å²) in [5, 5.41) is 12.4. The van der Waals surface area contributed by atoms with Gasteiger partial charge in [0.1, 0.15) is 0 Å². The molecule has 2 aliphatic carbocycles. The van der Waals surface area contributed by atoms with E-state index in [-0.39, 0.29) is 22.9 Å². The van der Waals surface area contributed by atoms with Gasteiger partial charge in [-0.3, -0.25) is 9.69 Å². The number of hydrogen-bond acceptors (Lipinski definition) is 3. The zero-order chi connectivity index (χ0) is 24.1. The number of halogens is 3. The minimum atomic E-state index is -4.37. The van der Waals surface area contributed by atoms with Crippen LogP contribution in [0.15, 0.2) is 48.5 Å². The van der Waals surface area contributed by atoms with Crippen LogP contribution in [0.2, 0.25) is 0 Å². The third-order valence-electron chi connectivity index (χ3n) is 7.72. The van der Waals surface area contributed by atoms with Gasteiger partial charge in [0, 0.05) is 6.54 Å². The van der Waals surface area contributed by atoms with Crippen molar-refractivity contribution >= 4 is 11.9 Å². The van der Waals surface area contributed by atoms with E-state index in [0.29, 0.717) is 6.54 Å². The quantitative estimate of drug-likeness (QED) is 0.624. The summed E-state index contributed by atoms with van der Waals surface area (Å²) in [5.74, 6) is -1.05. The maximum Gasteiger partial charge on any atom is 0.416 e. The fourth-order valence-corrected chi connectivity index (χ4v) is 5.15. The molecule has 180 valence electrons. The van der Waals surface area contributed by atoms with Gasteiger partial charge in [0.05, 0.1) is 22.7 Å². The standard InChI is InChI=1S/C26H27F3N2O3/c27-26(28,29)20-5-1-17(2-6-20)16-31-14-13-24(9-10-24)15-21(31)22(32)30-25(11-12-25)19-7-3-18(4-8-19)23(33)34/h1-8,21H,9-16H2,(H,30,32)(H,33,34)/t21-/m0/s1. The number of aromatic carboxylic acids is 1. The van der Waals surface area contributed by atoms with Crippen molar-refractivity contribution in [3.63, 3.8) is 0 Å². The van der Waals surface area contributed by atoms with Crippen molar-refractivity contribution in [1.29, 1.82) is 0 Å². The van der Waals surface area contributed by atoms with E-state index in [1.807, 2.05) is 0 Å². The number of alkyl halides is 3. The summed E-state index contributed by atoms with van der Waals surface area (Å²) in [4.78, 5) is 26.7. The Morgan fingerprint density at radius 3 is 2.15 bits per heavy atom. The molecule has 1 heterocycles. The third-order valence-corrected chi connectivity index (χ3v) is 7.72. The van der Waals surface area contributed by atoms with E-state index in [0.717, 1.165) is 68.3 Å². The number of nitrogens with zero attached hydrogens (tertiary/aromatic N) is 1. The molecule has 0 radical (unpaired) electrons. The van der Waals surface area contributed by atoms with Crippen LogP contribution in [0, 0.1) is 5.41 Å². The van der Waals surface area contributed by atoms with Gasteiger partial charge in [-0.25, -0.2) is 4.79 Å². The van der Waals surface area contributed by atoms with E-state index in [2.05, 4.69) is 10.2 Å². The minimum absolute atomic E-state index is 0.0577. The smallest absolute Gasteiger partial charge is 0.416 e. The van der Waals surface area contributed by atoms with Crippen molar-refractivity contribution in [3.8, 4) is 0 Å². The van der Waals surface area contributed by atoms with E-state index >= 15 is 0 Å². The molecule has 34 heavy (non-hydrogen) atoms. The van der Waals surface area contributed by atoms with E-state index in [4.69, 9.17) is 5.11 Å². The number of benzene rings is 2. The van der Waals surface area contributed by atoms with Crippen LogP contribution in [-0.4, -0.2) is 34.5 Å². The van der Waals surface area contributed by atoms with Crippen molar-refractivity contribution in [2.75, 3.05) is 6.54 Å². The molecule has 2 aromatic carbocycles. The summed E-state index contributed by atoms with van der Waals surface area (Å²) in [6.07, 6.45) is 1.21. The van der Waals surface area contributed by atoms with E-state index in [1.54, 1.807) is 24.3 Å². The highest BCUT2D eigenvalue weighted by Crippen LogP contribution is 2.55. The average Bonchev–Trinajstić information content (AvgIpc) is 3.73. The van der Waals surface area contributed by atoms with E-state index in [1.165, 1.54) is 12.1 Å². The molecule has 2 N–H and O–H groups in total. The summed E-state index contributed by atoms with van der Waals surface area (Å²) < 4.78 is 38.7. The SMILES string of the molecule is O=C(O)c1ccc(C2(NC(=O)[C@@H]3CC4(CCN3Cc3ccc(C(F)(F)F)cc3)CC4)CC2)cc1. The molecular formula is C26H27F3N2O3. The van der Waals surface area contributed by atoms with Crippen LogP contribution in [0.4, 0.5) is 13.2 Å². The Bertz CT molecular complexity index is 1090. The summed E-state index contributed by atoms with van der Waals surface area (Å²) >= 11 is 0. The second-order valence-corrected chi connectivity index (χ2v) is 10.1. The van der Waals surface area contributed by atoms with Gasteiger partial charge >= 0.3 is 12.1 Å². The minimum Gasteiger partial charge on any atom is -0.478 e. The Balaban J connectivity index is 1.31. The Kier molecular flexibility index (Phi) is 5.47. The van der Waals surface area contributed by atoms with Gasteiger partial charge in [-0.1, -0.05) is 24.3 Å². The third kappa shape index (κ3) is 4.56. The molecular weight excluding hydrogens is 445 g/mol. The Hall–Kier alpha value is -2.87. The van der Waals surface area contributed by atoms with Gasteiger partial charge < -0.3 is 10.4 Å². The largest absolute Gasteiger partial charge is 0.478 e. The predicted octanol–water partition coefficient (Wildman–Crippen LogP) is 4.95. The summed E-state index contributed by atoms with van der Waals surface area (Å²) in [5.41, 5.74) is 0.933. The molecule has 5 nitrogen and oxygen atoms in total. The number of hydrogen-bond donors (Lipinski definition) is 2. The topological polar surface area (TPSA) is 69.6 Å². The van der Waals surface area contributed by atoms with Crippen LogP contribution in [-0.2, 0) is 23.1 Å². The van der Waals surface area contributed by atoms with Gasteiger partial charge in [-0.05, 0) is 85.9 Å². The number of likely N-dealkylation sites (tertiary alicyclic amines) is 1. The maximum atomic E-state index is 13.5. The molecule has 0 unspecified atom stereocenters. The van der Waals surface area contributed by atoms with Crippen LogP contribution in [0.3, 0.4) is 0 Å². The number of piperidine rings is 1. The molecule has 1 atom stereocenters. The van der Waals surface area contributed by atoms with Gasteiger partial charge in [-0.15, -0.1) is 0 Å². The number of carboxylic acids is 1. The lowest BCUT2D eigenvalue weighted by molar-refractivity contribution is -0.137. The van der Waals surface area contributed by atoms with Crippen molar-refractivity contribution in [1.82, 2.24) is 10.2 Å². The van der Waals surface area contributed by atoms with Crippen molar-refractivity contribution in [2.24, 2.45) is 5.41 Å². The molecule has 2 aromatic rings. The summed E-state index contributed by atoms with van der Waals surface area (Å²) in [6.45, 7) is 1.16. The number of carbonyl (C=O) groups excluding carboxylic acids is 1. The van der Waals surface area contributed by atoms with Gasteiger partial charge in [-0.2, -0.15) is 13.2 Å². The van der Waals surface area contributed by atoms with Crippen molar-refractivity contribution in [3.05, 3.63) is 70.8 Å². The zero-order valence-corrected chi connectivity index (χ0v) is 18.7. The van der Waals surface area contributed by atoms with E-state index in [9.17, 15) is 22.8 Å². The molecule has 0 bridgehead atoms. The zero-order valence-electron chi connectivity index (χ0n) is 18.7. The molecule has 3 fully saturated rings. The summed E-state index contributed by atoms with van der Waals surface area (Å²) in [6, 6.07) is 11.5. The second kappa shape index (κ2) is 8.12. The normalized spacial score (nSPS) is 22.9. The molecule has 0 aromatic heterocycles. The Labute approximate surface area is 196 Å².